The largest absolute Gasteiger partial charge is 0.488 e. The Balaban J connectivity index is 1.53. The molecule has 2 atom stereocenters. The molecule has 0 aliphatic carbocycles. The van der Waals surface area contributed by atoms with Crippen molar-refractivity contribution < 1.29 is 29.0 Å². The molecule has 1 aliphatic heterocycles. The minimum atomic E-state index is -1.10. The van der Waals surface area contributed by atoms with Crippen molar-refractivity contribution in [3.05, 3.63) is 54.2 Å². The van der Waals surface area contributed by atoms with Gasteiger partial charge < -0.3 is 30.2 Å². The maximum atomic E-state index is 13.0. The van der Waals surface area contributed by atoms with Crippen LogP contribution in [0.15, 0.2) is 48.5 Å². The first kappa shape index (κ1) is 28.9. The van der Waals surface area contributed by atoms with Gasteiger partial charge in [0.1, 0.15) is 29.2 Å². The fourth-order valence-corrected chi connectivity index (χ4v) is 4.89. The molecular weight excluding hydrogens is 512 g/mol. The van der Waals surface area contributed by atoms with E-state index in [1.807, 2.05) is 42.5 Å². The Bertz CT molecular complexity index is 1380. The number of likely N-dealkylation sites (tertiary alicyclic amines) is 1. The predicted octanol–water partition coefficient (Wildman–Crippen LogP) is 4.49. The number of fused-ring (bicyclic) bond motifs is 1. The summed E-state index contributed by atoms with van der Waals surface area (Å²) in [4.78, 5) is 43.7. The van der Waals surface area contributed by atoms with Crippen LogP contribution in [-0.4, -0.2) is 82.3 Å². The van der Waals surface area contributed by atoms with Crippen LogP contribution in [-0.2, 0) is 9.53 Å². The number of amides is 2. The van der Waals surface area contributed by atoms with Crippen LogP contribution in [0.3, 0.4) is 0 Å². The van der Waals surface area contributed by atoms with Gasteiger partial charge in [0.05, 0.1) is 6.54 Å². The molecule has 1 aromatic heterocycles. The first-order valence-corrected chi connectivity index (χ1v) is 13.5. The molecule has 0 radical (unpaired) electrons. The fraction of sp³-hybridized carbons (Fsp3) is 0.433. The number of aliphatic carboxylic acids is 1. The molecule has 0 spiro atoms. The summed E-state index contributed by atoms with van der Waals surface area (Å²) in [6.45, 7) is 6.55. The number of unbranched alkanes of at least 4 members (excludes halogenated alkanes) is 1. The maximum absolute atomic E-state index is 13.0. The fourth-order valence-electron chi connectivity index (χ4n) is 4.89. The highest BCUT2D eigenvalue weighted by Crippen LogP contribution is 2.33. The number of carboxylic acids is 1. The van der Waals surface area contributed by atoms with Crippen LogP contribution < -0.4 is 10.5 Å². The molecule has 1 aliphatic rings. The number of aromatic nitrogens is 1. The van der Waals surface area contributed by atoms with E-state index in [4.69, 9.17) is 15.2 Å². The van der Waals surface area contributed by atoms with E-state index in [1.54, 1.807) is 38.8 Å². The highest BCUT2D eigenvalue weighted by Gasteiger charge is 2.42. The van der Waals surface area contributed by atoms with Crippen molar-refractivity contribution in [1.29, 1.82) is 0 Å². The third-order valence-corrected chi connectivity index (χ3v) is 6.81. The summed E-state index contributed by atoms with van der Waals surface area (Å²) < 4.78 is 11.6. The summed E-state index contributed by atoms with van der Waals surface area (Å²) >= 11 is 0. The first-order chi connectivity index (χ1) is 19.0. The normalized spacial score (nSPS) is 17.2. The summed E-state index contributed by atoms with van der Waals surface area (Å²) in [6.07, 6.45) is 0.682. The lowest BCUT2D eigenvalue weighted by Crippen LogP contribution is -2.43. The third-order valence-electron chi connectivity index (χ3n) is 6.81. The zero-order valence-corrected chi connectivity index (χ0v) is 23.5. The number of carboxylic acid groups (broad SMARTS) is 1. The van der Waals surface area contributed by atoms with Gasteiger partial charge in [0, 0.05) is 30.9 Å². The van der Waals surface area contributed by atoms with Gasteiger partial charge in [-0.25, -0.2) is 9.59 Å². The van der Waals surface area contributed by atoms with E-state index < -0.39 is 29.8 Å². The predicted molar refractivity (Wildman–Crippen MR) is 152 cm³/mol. The number of carbonyl (C=O) groups is 3. The van der Waals surface area contributed by atoms with Crippen molar-refractivity contribution >= 4 is 28.9 Å². The zero-order chi connectivity index (χ0) is 29.0. The van der Waals surface area contributed by atoms with Crippen molar-refractivity contribution in [2.24, 2.45) is 5.73 Å². The standard InChI is InChI=1S/C30H38N4O6/c1-30(2,3)40-29(38)34-18-21(16-26(34)28(36)37)39-20-10-7-9-19(15-20)22-11-8-12-24-23(22)17-25(32-24)27(35)33(4)14-6-5-13-31/h7-12,15,17,21,26,32H,5-6,13-14,16,18,31H2,1-4H3,(H,36,37)/t21-,26-/m0/s1. The Hall–Kier alpha value is -4.05. The molecule has 2 aromatic carbocycles. The van der Waals surface area contributed by atoms with Gasteiger partial charge in [0.15, 0.2) is 0 Å². The van der Waals surface area contributed by atoms with Gasteiger partial charge >= 0.3 is 12.1 Å². The van der Waals surface area contributed by atoms with Crippen molar-refractivity contribution in [2.45, 2.75) is 57.8 Å². The van der Waals surface area contributed by atoms with E-state index in [9.17, 15) is 19.5 Å². The van der Waals surface area contributed by atoms with Crippen LogP contribution in [0.4, 0.5) is 4.79 Å². The van der Waals surface area contributed by atoms with Crippen LogP contribution in [0, 0.1) is 0 Å². The Morgan fingerprint density at radius 3 is 2.58 bits per heavy atom. The number of nitrogens with one attached hydrogen (secondary N) is 1. The van der Waals surface area contributed by atoms with Crippen LogP contribution in [0.5, 0.6) is 5.75 Å². The van der Waals surface area contributed by atoms with Gasteiger partial charge in [-0.3, -0.25) is 9.69 Å². The number of aromatic amines is 1. The molecule has 4 rings (SSSR count). The molecule has 0 bridgehead atoms. The second-order valence-electron chi connectivity index (χ2n) is 11.2. The number of benzene rings is 2. The maximum Gasteiger partial charge on any atom is 0.411 e. The van der Waals surface area contributed by atoms with Gasteiger partial charge in [-0.2, -0.15) is 0 Å². The molecule has 214 valence electrons. The van der Waals surface area contributed by atoms with Gasteiger partial charge in [-0.15, -0.1) is 0 Å². The topological polar surface area (TPSA) is 138 Å². The lowest BCUT2D eigenvalue weighted by molar-refractivity contribution is -0.142. The van der Waals surface area contributed by atoms with Crippen LogP contribution >= 0.6 is 0 Å². The molecule has 1 saturated heterocycles. The van der Waals surface area contributed by atoms with Gasteiger partial charge in [-0.05, 0) is 75.5 Å². The van der Waals surface area contributed by atoms with Crippen LogP contribution in [0.25, 0.3) is 22.0 Å². The van der Waals surface area contributed by atoms with Crippen molar-refractivity contribution in [3.8, 4) is 16.9 Å². The third kappa shape index (κ3) is 6.74. The Morgan fingerprint density at radius 1 is 1.12 bits per heavy atom. The highest BCUT2D eigenvalue weighted by molar-refractivity contribution is 6.03. The zero-order valence-electron chi connectivity index (χ0n) is 23.5. The van der Waals surface area contributed by atoms with Gasteiger partial charge in [0.2, 0.25) is 0 Å². The van der Waals surface area contributed by atoms with E-state index >= 15 is 0 Å². The minimum Gasteiger partial charge on any atom is -0.488 e. The number of nitrogens with zero attached hydrogens (tertiary/aromatic N) is 2. The number of ether oxygens (including phenoxy) is 2. The van der Waals surface area contributed by atoms with E-state index in [0.29, 0.717) is 24.5 Å². The Kier molecular flexibility index (Phi) is 8.68. The number of nitrogens with two attached hydrogens (primary N) is 1. The molecule has 0 saturated carbocycles. The minimum absolute atomic E-state index is 0.0833. The van der Waals surface area contributed by atoms with E-state index in [0.717, 1.165) is 34.9 Å². The summed E-state index contributed by atoms with van der Waals surface area (Å²) in [7, 11) is 1.79. The molecule has 0 unspecified atom stereocenters. The molecule has 40 heavy (non-hydrogen) atoms. The quantitative estimate of drug-likeness (QED) is 0.334. The number of H-pyrrole nitrogens is 1. The Labute approximate surface area is 234 Å². The highest BCUT2D eigenvalue weighted by atomic mass is 16.6. The molecule has 10 heteroatoms. The average molecular weight is 551 g/mol. The second kappa shape index (κ2) is 12.0. The molecular formula is C30H38N4O6. The monoisotopic (exact) mass is 550 g/mol. The van der Waals surface area contributed by atoms with E-state index in [2.05, 4.69) is 4.98 Å². The number of hydrogen-bond acceptors (Lipinski definition) is 6. The van der Waals surface area contributed by atoms with Gasteiger partial charge in [0.25, 0.3) is 5.91 Å². The summed E-state index contributed by atoms with van der Waals surface area (Å²) in [6, 6.07) is 14.2. The van der Waals surface area contributed by atoms with Crippen LogP contribution in [0.2, 0.25) is 0 Å². The van der Waals surface area contributed by atoms with Crippen LogP contribution in [0.1, 0.15) is 50.5 Å². The smallest absolute Gasteiger partial charge is 0.411 e. The molecule has 2 heterocycles. The van der Waals surface area contributed by atoms with E-state index in [1.165, 1.54) is 4.90 Å². The molecule has 4 N–H and O–H groups in total. The molecule has 2 amide bonds. The number of rotatable bonds is 9. The number of carbonyl (C=O) groups excluding carboxylic acids is 2. The number of hydrogen-bond donors (Lipinski definition) is 3. The van der Waals surface area contributed by atoms with Crippen molar-refractivity contribution in [2.75, 3.05) is 26.7 Å². The van der Waals surface area contributed by atoms with Crippen molar-refractivity contribution in [3.63, 3.8) is 0 Å². The molecule has 1 fully saturated rings. The summed E-state index contributed by atoms with van der Waals surface area (Å²) in [5.74, 6) is -0.624. The second-order valence-corrected chi connectivity index (χ2v) is 11.2. The first-order valence-electron chi connectivity index (χ1n) is 13.5. The van der Waals surface area contributed by atoms with Crippen molar-refractivity contribution in [1.82, 2.24) is 14.8 Å². The molecule has 3 aromatic rings. The Morgan fingerprint density at radius 2 is 1.88 bits per heavy atom. The lowest BCUT2D eigenvalue weighted by Gasteiger charge is -2.26. The summed E-state index contributed by atoms with van der Waals surface area (Å²) in [5, 5.41) is 10.6. The lowest BCUT2D eigenvalue weighted by atomic mass is 10.0. The SMILES string of the molecule is CN(CCCCN)C(=O)c1cc2c(-c3cccc(O[C@H]4C[C@@H](C(=O)O)N(C(=O)OC(C)(C)C)C4)c3)cccc2[nH]1. The molecule has 10 nitrogen and oxygen atoms in total. The average Bonchev–Trinajstić information content (AvgIpc) is 3.52. The van der Waals surface area contributed by atoms with E-state index in [-0.39, 0.29) is 18.9 Å². The van der Waals surface area contributed by atoms with Gasteiger partial charge in [-0.1, -0.05) is 24.3 Å². The summed E-state index contributed by atoms with van der Waals surface area (Å²) in [5.41, 5.74) is 8.00.